The number of halogens is 2. The van der Waals surface area contributed by atoms with Crippen LogP contribution in [-0.2, 0) is 16.2 Å². The summed E-state index contributed by atoms with van der Waals surface area (Å²) in [7, 11) is 0. The van der Waals surface area contributed by atoms with Gasteiger partial charge in [0.25, 0.3) is 11.8 Å². The molecule has 9 heteroatoms. The number of carbonyl (C=O) groups excluding carboxylic acids is 3. The fourth-order valence-corrected chi connectivity index (χ4v) is 4.74. The molecule has 0 radical (unpaired) electrons. The van der Waals surface area contributed by atoms with Gasteiger partial charge in [0.15, 0.2) is 0 Å². The second kappa shape index (κ2) is 10.8. The summed E-state index contributed by atoms with van der Waals surface area (Å²) in [5.74, 6) is -1.25. The van der Waals surface area contributed by atoms with Crippen molar-refractivity contribution in [3.05, 3.63) is 117 Å². The van der Waals surface area contributed by atoms with Gasteiger partial charge in [-0.05, 0) is 86.5 Å². The number of imide groups is 2. The number of barbiturate groups is 1. The number of aromatic nitrogens is 1. The van der Waals surface area contributed by atoms with E-state index in [-0.39, 0.29) is 23.7 Å². The van der Waals surface area contributed by atoms with E-state index in [1.165, 1.54) is 18.2 Å². The Bertz CT molecular complexity index is 1690. The molecule has 4 amide bonds. The van der Waals surface area contributed by atoms with Crippen LogP contribution in [0.2, 0.25) is 5.02 Å². The summed E-state index contributed by atoms with van der Waals surface area (Å²) >= 11 is 6.21. The van der Waals surface area contributed by atoms with Gasteiger partial charge in [0.2, 0.25) is 0 Å². The molecule has 0 aliphatic carbocycles. The van der Waals surface area contributed by atoms with Crippen LogP contribution in [0.1, 0.15) is 28.1 Å². The monoisotopic (exact) mass is 557 g/mol. The van der Waals surface area contributed by atoms with Crippen molar-refractivity contribution in [2.24, 2.45) is 0 Å². The van der Waals surface area contributed by atoms with Gasteiger partial charge in [0.05, 0.1) is 5.69 Å². The molecule has 0 bridgehead atoms. The van der Waals surface area contributed by atoms with Crippen LogP contribution in [0, 0.1) is 26.6 Å². The molecule has 1 aliphatic heterocycles. The topological polar surface area (TPSA) is 80.6 Å². The van der Waals surface area contributed by atoms with Gasteiger partial charge < -0.3 is 9.30 Å². The molecule has 1 N–H and O–H groups in total. The van der Waals surface area contributed by atoms with E-state index in [1.807, 2.05) is 36.6 Å². The molecule has 0 spiro atoms. The Morgan fingerprint density at radius 3 is 2.33 bits per heavy atom. The summed E-state index contributed by atoms with van der Waals surface area (Å²) in [5.41, 5.74) is 4.48. The molecule has 0 saturated carbocycles. The van der Waals surface area contributed by atoms with Crippen molar-refractivity contribution in [3.8, 4) is 11.4 Å². The van der Waals surface area contributed by atoms with Crippen molar-refractivity contribution in [1.82, 2.24) is 9.88 Å². The third kappa shape index (κ3) is 5.13. The minimum absolute atomic E-state index is 0.107. The van der Waals surface area contributed by atoms with Gasteiger partial charge in [0, 0.05) is 27.7 Å². The third-order valence-corrected chi connectivity index (χ3v) is 7.14. The summed E-state index contributed by atoms with van der Waals surface area (Å²) < 4.78 is 21.6. The fraction of sp³-hybridized carbons (Fsp3) is 0.129. The van der Waals surface area contributed by atoms with Gasteiger partial charge in [-0.25, -0.2) is 14.1 Å². The minimum Gasteiger partial charge on any atom is -0.489 e. The predicted molar refractivity (Wildman–Crippen MR) is 151 cm³/mol. The lowest BCUT2D eigenvalue weighted by atomic mass is 10.1. The van der Waals surface area contributed by atoms with Crippen molar-refractivity contribution in [2.75, 3.05) is 4.90 Å². The highest BCUT2D eigenvalue weighted by Gasteiger charge is 2.37. The molecule has 1 aromatic heterocycles. The molecule has 0 atom stereocenters. The second-order valence-corrected chi connectivity index (χ2v) is 9.83. The Kier molecular flexibility index (Phi) is 7.28. The number of nitrogens with zero attached hydrogens (tertiary/aromatic N) is 2. The first-order chi connectivity index (χ1) is 19.1. The summed E-state index contributed by atoms with van der Waals surface area (Å²) in [6.45, 7) is 5.69. The molecule has 1 saturated heterocycles. The van der Waals surface area contributed by atoms with Crippen molar-refractivity contribution < 1.29 is 23.5 Å². The molecule has 3 aromatic carbocycles. The van der Waals surface area contributed by atoms with Gasteiger partial charge in [-0.1, -0.05) is 35.9 Å². The molecule has 5 rings (SSSR count). The zero-order chi connectivity index (χ0) is 28.6. The van der Waals surface area contributed by atoms with Gasteiger partial charge in [-0.3, -0.25) is 14.9 Å². The van der Waals surface area contributed by atoms with E-state index in [4.69, 9.17) is 16.3 Å². The molecule has 2 heterocycles. The summed E-state index contributed by atoms with van der Waals surface area (Å²) in [6, 6.07) is 19.6. The summed E-state index contributed by atoms with van der Waals surface area (Å²) in [5, 5.41) is 2.64. The van der Waals surface area contributed by atoms with Crippen LogP contribution in [0.15, 0.2) is 78.4 Å². The maximum absolute atomic E-state index is 13.9. The summed E-state index contributed by atoms with van der Waals surface area (Å²) in [4.78, 5) is 39.5. The molecular weight excluding hydrogens is 533 g/mol. The van der Waals surface area contributed by atoms with Crippen molar-refractivity contribution >= 4 is 41.2 Å². The van der Waals surface area contributed by atoms with Crippen LogP contribution in [-0.4, -0.2) is 22.4 Å². The van der Waals surface area contributed by atoms with E-state index in [9.17, 15) is 18.8 Å². The zero-order valence-corrected chi connectivity index (χ0v) is 22.8. The molecule has 4 aromatic rings. The van der Waals surface area contributed by atoms with E-state index in [0.717, 1.165) is 27.5 Å². The lowest BCUT2D eigenvalue weighted by molar-refractivity contribution is -0.122. The van der Waals surface area contributed by atoms with Crippen molar-refractivity contribution in [2.45, 2.75) is 27.4 Å². The molecule has 0 unspecified atom stereocenters. The molecule has 40 heavy (non-hydrogen) atoms. The number of amides is 4. The second-order valence-electron chi connectivity index (χ2n) is 9.43. The fourth-order valence-electron chi connectivity index (χ4n) is 4.57. The maximum atomic E-state index is 13.9. The number of urea groups is 1. The summed E-state index contributed by atoms with van der Waals surface area (Å²) in [6.07, 6.45) is 1.48. The molecule has 202 valence electrons. The lowest BCUT2D eigenvalue weighted by Crippen LogP contribution is -2.54. The quantitative estimate of drug-likeness (QED) is 0.218. The van der Waals surface area contributed by atoms with E-state index in [2.05, 4.69) is 5.32 Å². The number of anilines is 1. The predicted octanol–water partition coefficient (Wildman–Crippen LogP) is 6.44. The Morgan fingerprint density at radius 1 is 0.925 bits per heavy atom. The van der Waals surface area contributed by atoms with Gasteiger partial charge in [0.1, 0.15) is 23.7 Å². The average molecular weight is 558 g/mol. The number of hydrogen-bond acceptors (Lipinski definition) is 4. The number of benzene rings is 3. The molecule has 1 fully saturated rings. The van der Waals surface area contributed by atoms with E-state index in [0.29, 0.717) is 21.9 Å². The Balaban J connectivity index is 1.41. The first-order valence-corrected chi connectivity index (χ1v) is 12.8. The largest absolute Gasteiger partial charge is 0.489 e. The Hall–Kier alpha value is -4.69. The number of hydrogen-bond donors (Lipinski definition) is 1. The first-order valence-electron chi connectivity index (χ1n) is 12.5. The van der Waals surface area contributed by atoms with Crippen LogP contribution in [0.5, 0.6) is 5.75 Å². The van der Waals surface area contributed by atoms with Gasteiger partial charge in [-0.2, -0.15) is 0 Å². The highest BCUT2D eigenvalue weighted by Crippen LogP contribution is 2.29. The van der Waals surface area contributed by atoms with Crippen LogP contribution in [0.3, 0.4) is 0 Å². The molecule has 7 nitrogen and oxygen atoms in total. The third-order valence-electron chi connectivity index (χ3n) is 6.73. The Morgan fingerprint density at radius 2 is 1.62 bits per heavy atom. The van der Waals surface area contributed by atoms with Crippen molar-refractivity contribution in [3.63, 3.8) is 0 Å². The van der Waals surface area contributed by atoms with Gasteiger partial charge in [-0.15, -0.1) is 0 Å². The highest BCUT2D eigenvalue weighted by atomic mass is 35.5. The van der Waals surface area contributed by atoms with E-state index in [1.54, 1.807) is 49.4 Å². The SMILES string of the molecule is Cc1ccc(N2C(=O)NC(=O)/C(=C/c3cc(C)n(-c4ccc(OCc5ccccc5F)cc4)c3C)C2=O)cc1Cl. The number of rotatable bonds is 6. The number of ether oxygens (including phenoxy) is 1. The number of carbonyl (C=O) groups is 3. The lowest BCUT2D eigenvalue weighted by Gasteiger charge is -2.26. The van der Waals surface area contributed by atoms with Crippen LogP contribution in [0.4, 0.5) is 14.9 Å². The van der Waals surface area contributed by atoms with Crippen LogP contribution >= 0.6 is 11.6 Å². The number of nitrogens with one attached hydrogen (secondary N) is 1. The minimum atomic E-state index is -0.838. The van der Waals surface area contributed by atoms with E-state index >= 15 is 0 Å². The molecular formula is C31H25ClFN3O4. The van der Waals surface area contributed by atoms with Crippen LogP contribution in [0.25, 0.3) is 11.8 Å². The standard InChI is InChI=1S/C31H25ClFN3O4/c1-18-8-9-24(16-27(18)32)36-30(38)26(29(37)34-31(36)39)15-22-14-19(2)35(20(22)3)23-10-12-25(13-11-23)40-17-21-6-4-5-7-28(21)33/h4-16H,17H2,1-3H3,(H,34,37,39)/b26-15-. The zero-order valence-electron chi connectivity index (χ0n) is 22.0. The van der Waals surface area contributed by atoms with E-state index < -0.39 is 17.8 Å². The highest BCUT2D eigenvalue weighted by molar-refractivity contribution is 6.39. The maximum Gasteiger partial charge on any atom is 0.335 e. The normalized spacial score (nSPS) is 14.6. The first kappa shape index (κ1) is 26.9. The number of aryl methyl sites for hydroxylation is 2. The van der Waals surface area contributed by atoms with Crippen LogP contribution < -0.4 is 15.0 Å². The molecule has 1 aliphatic rings. The van der Waals surface area contributed by atoms with Crippen molar-refractivity contribution in [1.29, 1.82) is 0 Å². The average Bonchev–Trinajstić information content (AvgIpc) is 3.20. The van der Waals surface area contributed by atoms with Gasteiger partial charge >= 0.3 is 6.03 Å². The Labute approximate surface area is 235 Å². The smallest absolute Gasteiger partial charge is 0.335 e.